The summed E-state index contributed by atoms with van der Waals surface area (Å²) >= 11 is 0. The van der Waals surface area contributed by atoms with E-state index in [0.717, 1.165) is 0 Å². The van der Waals surface area contributed by atoms with Crippen molar-refractivity contribution in [2.45, 2.75) is 12.1 Å². The molecule has 0 aromatic heterocycles. The van der Waals surface area contributed by atoms with Crippen LogP contribution in [0.3, 0.4) is 0 Å². The number of rotatable bonds is 2. The Morgan fingerprint density at radius 3 is 2.60 bits per heavy atom. The van der Waals surface area contributed by atoms with Gasteiger partial charge >= 0.3 is 0 Å². The van der Waals surface area contributed by atoms with E-state index in [-0.39, 0.29) is 5.91 Å². The van der Waals surface area contributed by atoms with Gasteiger partial charge < -0.3 is 14.0 Å². The first-order chi connectivity index (χ1) is 4.72. The minimum atomic E-state index is -0.597. The number of nitrogens with zero attached hydrogens (tertiary/aromatic N) is 1. The van der Waals surface area contributed by atoms with Gasteiger partial charge in [-0.15, -0.1) is 0 Å². The molecule has 1 amide bonds. The first-order valence-corrected chi connectivity index (χ1v) is 3.59. The van der Waals surface area contributed by atoms with Gasteiger partial charge in [0.1, 0.15) is 12.3 Å². The molecular formula is C4H7NO3P2. The summed E-state index contributed by atoms with van der Waals surface area (Å²) in [6, 6.07) is -0.435. The SMILES string of the molecule is O=C[C@H]1[C@@H](OP)C(=O)N1P. The maximum Gasteiger partial charge on any atom is 0.258 e. The second-order valence-corrected chi connectivity index (χ2v) is 2.76. The molecule has 0 aromatic rings. The van der Waals surface area contributed by atoms with Crippen LogP contribution in [0.4, 0.5) is 0 Å². The molecule has 0 radical (unpaired) electrons. The van der Waals surface area contributed by atoms with E-state index in [9.17, 15) is 9.59 Å². The predicted molar refractivity (Wildman–Crippen MR) is 41.0 cm³/mol. The molecule has 0 bridgehead atoms. The zero-order valence-electron chi connectivity index (χ0n) is 5.06. The van der Waals surface area contributed by atoms with Gasteiger partial charge in [-0.3, -0.25) is 4.79 Å². The average molecular weight is 179 g/mol. The highest BCUT2D eigenvalue weighted by molar-refractivity contribution is 7.15. The van der Waals surface area contributed by atoms with Crippen LogP contribution in [0.25, 0.3) is 0 Å². The summed E-state index contributed by atoms with van der Waals surface area (Å²) in [5.41, 5.74) is 0. The minimum absolute atomic E-state index is 0.183. The lowest BCUT2D eigenvalue weighted by Gasteiger charge is -2.39. The summed E-state index contributed by atoms with van der Waals surface area (Å²) in [4.78, 5) is 21.0. The molecule has 0 aliphatic carbocycles. The molecule has 6 heteroatoms. The first-order valence-electron chi connectivity index (χ1n) is 2.61. The molecule has 0 spiro atoms. The first kappa shape index (κ1) is 8.06. The highest BCUT2D eigenvalue weighted by Gasteiger charge is 2.45. The fourth-order valence-corrected chi connectivity index (χ4v) is 1.43. The Morgan fingerprint density at radius 2 is 2.30 bits per heavy atom. The fourth-order valence-electron chi connectivity index (χ4n) is 0.779. The van der Waals surface area contributed by atoms with Gasteiger partial charge in [-0.05, 0) is 9.39 Å². The molecule has 2 unspecified atom stereocenters. The van der Waals surface area contributed by atoms with Gasteiger partial charge in [-0.2, -0.15) is 0 Å². The second kappa shape index (κ2) is 2.91. The number of amides is 1. The lowest BCUT2D eigenvalue weighted by molar-refractivity contribution is -0.153. The van der Waals surface area contributed by atoms with E-state index in [4.69, 9.17) is 0 Å². The zero-order chi connectivity index (χ0) is 7.72. The molecule has 1 heterocycles. The standard InChI is InChI=1S/C4H7NO3P2/c6-1-2-3(8-10)4(7)5(2)9/h1-3H,9-10H2/t2-,3+/m0/s1. The summed E-state index contributed by atoms with van der Waals surface area (Å²) in [5, 5.41) is 0. The highest BCUT2D eigenvalue weighted by Crippen LogP contribution is 2.26. The molecule has 4 nitrogen and oxygen atoms in total. The van der Waals surface area contributed by atoms with Crippen LogP contribution in [0, 0.1) is 0 Å². The maximum atomic E-state index is 10.8. The number of hydrogen-bond acceptors (Lipinski definition) is 3. The van der Waals surface area contributed by atoms with Crippen LogP contribution in [-0.4, -0.2) is 29.0 Å². The molecule has 4 atom stereocenters. The van der Waals surface area contributed by atoms with Gasteiger partial charge in [0.05, 0.1) is 0 Å². The van der Waals surface area contributed by atoms with Crippen LogP contribution in [-0.2, 0) is 14.1 Å². The summed E-state index contributed by atoms with van der Waals surface area (Å²) in [6.07, 6.45) is 0.0864. The summed E-state index contributed by atoms with van der Waals surface area (Å²) in [5.74, 6) is -0.183. The van der Waals surface area contributed by atoms with Crippen molar-refractivity contribution >= 4 is 31.1 Å². The molecule has 0 saturated carbocycles. The summed E-state index contributed by atoms with van der Waals surface area (Å²) in [6.45, 7) is 0. The van der Waals surface area contributed by atoms with Gasteiger partial charge in [0.25, 0.3) is 5.91 Å². The van der Waals surface area contributed by atoms with Gasteiger partial charge in [-0.25, -0.2) is 0 Å². The zero-order valence-corrected chi connectivity index (χ0v) is 7.37. The lowest BCUT2D eigenvalue weighted by Crippen LogP contribution is -2.60. The fraction of sp³-hybridized carbons (Fsp3) is 0.500. The highest BCUT2D eigenvalue weighted by atomic mass is 31.0. The van der Waals surface area contributed by atoms with Crippen molar-refractivity contribution in [2.75, 3.05) is 0 Å². The normalized spacial score (nSPS) is 31.8. The molecule has 1 fully saturated rings. The molecule has 0 N–H and O–H groups in total. The van der Waals surface area contributed by atoms with Crippen LogP contribution in [0.15, 0.2) is 0 Å². The summed E-state index contributed by atoms with van der Waals surface area (Å²) in [7, 11) is 4.13. The van der Waals surface area contributed by atoms with E-state index in [1.165, 1.54) is 4.67 Å². The Hall–Kier alpha value is -0.0400. The number of β-lactam (4-membered cyclic amide) rings is 1. The van der Waals surface area contributed by atoms with Crippen molar-refractivity contribution in [3.05, 3.63) is 0 Å². The molecule has 10 heavy (non-hydrogen) atoms. The van der Waals surface area contributed by atoms with Gasteiger partial charge in [0.15, 0.2) is 6.10 Å². The Labute approximate surface area is 62.8 Å². The molecule has 0 aromatic carbocycles. The number of aldehydes is 1. The number of hydrogen-bond donors (Lipinski definition) is 0. The third kappa shape index (κ3) is 0.968. The van der Waals surface area contributed by atoms with Gasteiger partial charge in [0.2, 0.25) is 0 Å². The van der Waals surface area contributed by atoms with Gasteiger partial charge in [0, 0.05) is 9.47 Å². The number of carbonyl (C=O) groups excluding carboxylic acids is 2. The van der Waals surface area contributed by atoms with Crippen LogP contribution in [0.1, 0.15) is 0 Å². The van der Waals surface area contributed by atoms with E-state index < -0.39 is 12.1 Å². The van der Waals surface area contributed by atoms with Crippen molar-refractivity contribution in [3.63, 3.8) is 0 Å². The van der Waals surface area contributed by atoms with Crippen molar-refractivity contribution in [3.8, 4) is 0 Å². The van der Waals surface area contributed by atoms with Crippen molar-refractivity contribution in [1.82, 2.24) is 4.67 Å². The smallest absolute Gasteiger partial charge is 0.258 e. The van der Waals surface area contributed by atoms with Crippen LogP contribution >= 0.6 is 18.9 Å². The Morgan fingerprint density at radius 1 is 1.70 bits per heavy atom. The molecule has 56 valence electrons. The van der Waals surface area contributed by atoms with E-state index in [1.807, 2.05) is 9.47 Å². The van der Waals surface area contributed by atoms with Crippen LogP contribution in [0.5, 0.6) is 0 Å². The van der Waals surface area contributed by atoms with E-state index >= 15 is 0 Å². The molecule has 1 saturated heterocycles. The van der Waals surface area contributed by atoms with Gasteiger partial charge in [-0.1, -0.05) is 0 Å². The van der Waals surface area contributed by atoms with E-state index in [2.05, 4.69) is 13.9 Å². The quantitative estimate of drug-likeness (QED) is 0.322. The Balaban J connectivity index is 2.60. The maximum absolute atomic E-state index is 10.8. The molecule has 1 aliphatic heterocycles. The second-order valence-electron chi connectivity index (χ2n) is 1.93. The summed E-state index contributed by atoms with van der Waals surface area (Å²) < 4.78 is 5.92. The monoisotopic (exact) mass is 179 g/mol. The predicted octanol–water partition coefficient (Wildman–Crippen LogP) is -0.639. The molecule has 1 rings (SSSR count). The van der Waals surface area contributed by atoms with Crippen molar-refractivity contribution in [1.29, 1.82) is 0 Å². The Bertz CT molecular complexity index is 174. The third-order valence-corrected chi connectivity index (χ3v) is 2.31. The van der Waals surface area contributed by atoms with Crippen molar-refractivity contribution in [2.24, 2.45) is 0 Å². The largest absolute Gasteiger partial charge is 0.350 e. The minimum Gasteiger partial charge on any atom is -0.350 e. The average Bonchev–Trinajstić information content (AvgIpc) is 1.97. The third-order valence-electron chi connectivity index (χ3n) is 1.42. The van der Waals surface area contributed by atoms with E-state index in [0.29, 0.717) is 6.29 Å². The van der Waals surface area contributed by atoms with E-state index in [1.54, 1.807) is 0 Å². The lowest BCUT2D eigenvalue weighted by atomic mass is 10.0. The van der Waals surface area contributed by atoms with Crippen LogP contribution in [0.2, 0.25) is 0 Å². The topological polar surface area (TPSA) is 46.6 Å². The van der Waals surface area contributed by atoms with Crippen molar-refractivity contribution < 1.29 is 14.1 Å². The Kier molecular flexibility index (Phi) is 2.35. The molecule has 1 aliphatic rings. The van der Waals surface area contributed by atoms with Crippen LogP contribution < -0.4 is 0 Å². The number of carbonyl (C=O) groups is 2. The molecular weight excluding hydrogens is 172 g/mol.